The molecule has 0 aliphatic carbocycles. The van der Waals surface area contributed by atoms with E-state index in [4.69, 9.17) is 4.52 Å². The van der Waals surface area contributed by atoms with Gasteiger partial charge in [-0.25, -0.2) is 13.4 Å². The molecular formula is C17H12N4O4S3. The van der Waals surface area contributed by atoms with Crippen molar-refractivity contribution in [3.8, 4) is 10.6 Å². The monoisotopic (exact) mass is 432 g/mol. The Morgan fingerprint density at radius 1 is 1.07 bits per heavy atom. The molecule has 0 fully saturated rings. The fraction of sp³-hybridized carbons (Fsp3) is 0. The molecule has 0 spiro atoms. The number of anilines is 2. The minimum Gasteiger partial charge on any atom is -0.355 e. The van der Waals surface area contributed by atoms with Gasteiger partial charge in [0, 0.05) is 23.3 Å². The van der Waals surface area contributed by atoms with E-state index in [1.807, 2.05) is 17.5 Å². The van der Waals surface area contributed by atoms with E-state index in [2.05, 4.69) is 20.2 Å². The molecule has 0 saturated heterocycles. The molecule has 11 heteroatoms. The summed E-state index contributed by atoms with van der Waals surface area (Å²) in [6, 6.07) is 11.1. The first-order chi connectivity index (χ1) is 13.5. The number of rotatable bonds is 6. The minimum atomic E-state index is -3.74. The van der Waals surface area contributed by atoms with Gasteiger partial charge in [0.05, 0.1) is 9.77 Å². The molecule has 0 aliphatic rings. The Labute approximate surface area is 167 Å². The van der Waals surface area contributed by atoms with E-state index in [1.165, 1.54) is 53.1 Å². The minimum absolute atomic E-state index is 0.0575. The SMILES string of the molecule is O=C(Nc1ccc(S(=O)(=O)Nc2nccs2)cc1)c1cc(-c2cccs2)on1. The van der Waals surface area contributed by atoms with Gasteiger partial charge in [-0.15, -0.1) is 22.7 Å². The molecule has 1 aromatic carbocycles. The summed E-state index contributed by atoms with van der Waals surface area (Å²) in [6.45, 7) is 0. The topological polar surface area (TPSA) is 114 Å². The van der Waals surface area contributed by atoms with E-state index in [-0.39, 0.29) is 15.7 Å². The Kier molecular flexibility index (Phi) is 4.94. The van der Waals surface area contributed by atoms with Crippen LogP contribution >= 0.6 is 22.7 Å². The van der Waals surface area contributed by atoms with Gasteiger partial charge in [-0.3, -0.25) is 9.52 Å². The van der Waals surface area contributed by atoms with Gasteiger partial charge in [0.2, 0.25) is 0 Å². The second-order valence-electron chi connectivity index (χ2n) is 5.47. The molecule has 0 aliphatic heterocycles. The Bertz CT molecular complexity index is 1180. The standard InChI is InChI=1S/C17H12N4O4S3/c22-16(13-10-14(25-20-13)15-2-1-8-26-15)19-11-3-5-12(6-4-11)28(23,24)21-17-18-7-9-27-17/h1-10H,(H,18,21)(H,19,22). The van der Waals surface area contributed by atoms with E-state index in [0.29, 0.717) is 11.4 Å². The van der Waals surface area contributed by atoms with Crippen LogP contribution < -0.4 is 10.0 Å². The van der Waals surface area contributed by atoms with Crippen molar-refractivity contribution in [3.05, 3.63) is 65.1 Å². The second-order valence-corrected chi connectivity index (χ2v) is 9.00. The molecule has 2 N–H and O–H groups in total. The number of carbonyl (C=O) groups is 1. The average molecular weight is 433 g/mol. The molecule has 1 amide bonds. The second kappa shape index (κ2) is 7.54. The summed E-state index contributed by atoms with van der Waals surface area (Å²) in [4.78, 5) is 17.1. The van der Waals surface area contributed by atoms with Crippen LogP contribution in [0.15, 0.2) is 68.8 Å². The van der Waals surface area contributed by atoms with Gasteiger partial charge < -0.3 is 9.84 Å². The highest BCUT2D eigenvalue weighted by atomic mass is 32.2. The largest absolute Gasteiger partial charge is 0.355 e. The number of nitrogens with zero attached hydrogens (tertiary/aromatic N) is 2. The predicted octanol–water partition coefficient (Wildman–Crippen LogP) is 3.91. The quantitative estimate of drug-likeness (QED) is 0.477. The van der Waals surface area contributed by atoms with Gasteiger partial charge in [0.25, 0.3) is 15.9 Å². The summed E-state index contributed by atoms with van der Waals surface area (Å²) in [6.07, 6.45) is 1.51. The Balaban J connectivity index is 1.45. The van der Waals surface area contributed by atoms with Gasteiger partial charge in [-0.05, 0) is 35.7 Å². The van der Waals surface area contributed by atoms with E-state index < -0.39 is 15.9 Å². The summed E-state index contributed by atoms with van der Waals surface area (Å²) in [7, 11) is -3.74. The van der Waals surface area contributed by atoms with Gasteiger partial charge >= 0.3 is 0 Å². The number of amides is 1. The molecule has 28 heavy (non-hydrogen) atoms. The summed E-state index contributed by atoms with van der Waals surface area (Å²) in [5, 5.41) is 10.3. The molecule has 0 radical (unpaired) electrons. The number of benzene rings is 1. The average Bonchev–Trinajstić information content (AvgIpc) is 3.43. The van der Waals surface area contributed by atoms with E-state index >= 15 is 0 Å². The van der Waals surface area contributed by atoms with E-state index in [0.717, 1.165) is 4.88 Å². The van der Waals surface area contributed by atoms with Crippen molar-refractivity contribution in [2.75, 3.05) is 10.0 Å². The number of hydrogen-bond acceptors (Lipinski definition) is 8. The van der Waals surface area contributed by atoms with Crippen molar-refractivity contribution in [3.63, 3.8) is 0 Å². The van der Waals surface area contributed by atoms with Crippen molar-refractivity contribution < 1.29 is 17.7 Å². The van der Waals surface area contributed by atoms with Crippen molar-refractivity contribution >= 4 is 49.4 Å². The number of aromatic nitrogens is 2. The van der Waals surface area contributed by atoms with Crippen LogP contribution in [0.25, 0.3) is 10.6 Å². The number of carbonyl (C=O) groups excluding carboxylic acids is 1. The lowest BCUT2D eigenvalue weighted by Crippen LogP contribution is -2.14. The van der Waals surface area contributed by atoms with Crippen molar-refractivity contribution in [1.82, 2.24) is 10.1 Å². The highest BCUT2D eigenvalue weighted by molar-refractivity contribution is 7.93. The maximum absolute atomic E-state index is 12.3. The number of nitrogens with one attached hydrogen (secondary N) is 2. The Hall–Kier alpha value is -3.02. The molecule has 0 bridgehead atoms. The van der Waals surface area contributed by atoms with Gasteiger partial charge in [-0.2, -0.15) is 0 Å². The van der Waals surface area contributed by atoms with Crippen LogP contribution in [0, 0.1) is 0 Å². The zero-order valence-electron chi connectivity index (χ0n) is 14.0. The highest BCUT2D eigenvalue weighted by Gasteiger charge is 2.17. The Morgan fingerprint density at radius 2 is 1.89 bits per heavy atom. The zero-order valence-corrected chi connectivity index (χ0v) is 16.5. The molecule has 4 rings (SSSR count). The third-order valence-electron chi connectivity index (χ3n) is 3.58. The van der Waals surface area contributed by atoms with Gasteiger partial charge in [0.15, 0.2) is 16.6 Å². The normalized spacial score (nSPS) is 11.3. The van der Waals surface area contributed by atoms with Crippen LogP contribution in [0.2, 0.25) is 0 Å². The summed E-state index contributed by atoms with van der Waals surface area (Å²) < 4.78 is 32.2. The summed E-state index contributed by atoms with van der Waals surface area (Å²) >= 11 is 2.66. The molecule has 0 unspecified atom stereocenters. The first-order valence-electron chi connectivity index (χ1n) is 7.85. The van der Waals surface area contributed by atoms with Gasteiger partial charge in [-0.1, -0.05) is 11.2 Å². The summed E-state index contributed by atoms with van der Waals surface area (Å²) in [5.41, 5.74) is 0.560. The van der Waals surface area contributed by atoms with Crippen molar-refractivity contribution in [1.29, 1.82) is 0 Å². The third-order valence-corrected chi connectivity index (χ3v) is 6.64. The summed E-state index contributed by atoms with van der Waals surface area (Å²) in [5.74, 6) is 0.0536. The first-order valence-corrected chi connectivity index (χ1v) is 11.1. The van der Waals surface area contributed by atoms with Crippen LogP contribution in [0.1, 0.15) is 10.5 Å². The number of sulfonamides is 1. The van der Waals surface area contributed by atoms with Crippen LogP contribution in [0.4, 0.5) is 10.8 Å². The molecule has 0 atom stereocenters. The maximum Gasteiger partial charge on any atom is 0.277 e. The fourth-order valence-corrected chi connectivity index (χ4v) is 4.74. The van der Waals surface area contributed by atoms with Crippen LogP contribution in [0.3, 0.4) is 0 Å². The van der Waals surface area contributed by atoms with Gasteiger partial charge in [0.1, 0.15) is 0 Å². The number of hydrogen-bond donors (Lipinski definition) is 2. The number of thiophene rings is 1. The third kappa shape index (κ3) is 3.96. The lowest BCUT2D eigenvalue weighted by atomic mass is 10.3. The lowest BCUT2D eigenvalue weighted by Gasteiger charge is -2.07. The first kappa shape index (κ1) is 18.3. The molecule has 0 saturated carbocycles. The zero-order chi connectivity index (χ0) is 19.6. The molecule has 3 heterocycles. The Morgan fingerprint density at radius 3 is 2.57 bits per heavy atom. The lowest BCUT2D eigenvalue weighted by molar-refractivity contribution is 0.101. The fourth-order valence-electron chi connectivity index (χ4n) is 2.28. The van der Waals surface area contributed by atoms with Crippen LogP contribution in [0.5, 0.6) is 0 Å². The molecule has 8 nitrogen and oxygen atoms in total. The molecule has 4 aromatic rings. The van der Waals surface area contributed by atoms with Crippen LogP contribution in [-0.4, -0.2) is 24.5 Å². The van der Waals surface area contributed by atoms with E-state index in [9.17, 15) is 13.2 Å². The predicted molar refractivity (Wildman–Crippen MR) is 107 cm³/mol. The number of thiazole rings is 1. The van der Waals surface area contributed by atoms with Crippen molar-refractivity contribution in [2.45, 2.75) is 4.90 Å². The maximum atomic E-state index is 12.3. The highest BCUT2D eigenvalue weighted by Crippen LogP contribution is 2.25. The molecule has 142 valence electrons. The molecular weight excluding hydrogens is 420 g/mol. The molecule has 3 aromatic heterocycles. The smallest absolute Gasteiger partial charge is 0.277 e. The van der Waals surface area contributed by atoms with Crippen LogP contribution in [-0.2, 0) is 10.0 Å². The van der Waals surface area contributed by atoms with Crippen molar-refractivity contribution in [2.24, 2.45) is 0 Å². The van der Waals surface area contributed by atoms with E-state index in [1.54, 1.807) is 11.4 Å².